The van der Waals surface area contributed by atoms with E-state index in [0.29, 0.717) is 48.2 Å². The molecule has 3 saturated carbocycles. The molecule has 0 aromatic rings. The van der Waals surface area contributed by atoms with Gasteiger partial charge in [0, 0.05) is 24.0 Å². The monoisotopic (exact) mass is 540 g/mol. The Morgan fingerprint density at radius 1 is 1.13 bits per heavy atom. The van der Waals surface area contributed by atoms with E-state index in [1.165, 1.54) is 31.3 Å². The van der Waals surface area contributed by atoms with E-state index in [1.807, 2.05) is 0 Å². The van der Waals surface area contributed by atoms with Crippen LogP contribution in [-0.4, -0.2) is 46.2 Å². The molecule has 1 saturated heterocycles. The Balaban J connectivity index is 1.45. The van der Waals surface area contributed by atoms with Crippen LogP contribution in [0.1, 0.15) is 97.8 Å². The number of fused-ring (bicyclic) bond motifs is 1. The second-order valence-corrected chi connectivity index (χ2v) is 13.2. The third kappa shape index (κ3) is 6.16. The largest absolute Gasteiger partial charge is 0.458 e. The van der Waals surface area contributed by atoms with Crippen LogP contribution in [0, 0.1) is 35.0 Å². The van der Waals surface area contributed by atoms with Crippen molar-refractivity contribution in [2.45, 2.75) is 116 Å². The topological polar surface area (TPSA) is 87.0 Å². The van der Waals surface area contributed by atoms with Gasteiger partial charge in [-0.3, -0.25) is 0 Å². The smallest absolute Gasteiger partial charge is 0.334 e. The molecule has 39 heavy (non-hydrogen) atoms. The summed E-state index contributed by atoms with van der Waals surface area (Å²) in [5, 5.41) is 30.7. The summed E-state index contributed by atoms with van der Waals surface area (Å²) in [4.78, 5) is 12.3. The molecular formula is C34H52O5. The lowest BCUT2D eigenvalue weighted by Gasteiger charge is -2.45. The van der Waals surface area contributed by atoms with Crippen LogP contribution in [0.25, 0.3) is 0 Å². The lowest BCUT2D eigenvalue weighted by molar-refractivity contribution is -0.140. The minimum absolute atomic E-state index is 0.0334. The molecule has 0 aromatic carbocycles. The maximum Gasteiger partial charge on any atom is 0.334 e. The summed E-state index contributed by atoms with van der Waals surface area (Å²) in [5.41, 5.74) is 4.05. The number of allylic oxidation sites excluding steroid dienone is 3. The molecule has 4 fully saturated rings. The van der Waals surface area contributed by atoms with Gasteiger partial charge in [-0.05, 0) is 98.5 Å². The van der Waals surface area contributed by atoms with Crippen LogP contribution in [0.3, 0.4) is 0 Å². The lowest BCUT2D eigenvalue weighted by Crippen LogP contribution is -2.38. The summed E-state index contributed by atoms with van der Waals surface area (Å²) in [5.74, 6) is 1.32. The molecule has 0 radical (unpaired) electrons. The van der Waals surface area contributed by atoms with Gasteiger partial charge in [0.1, 0.15) is 6.10 Å². The second-order valence-electron chi connectivity index (χ2n) is 13.2. The molecule has 1 aliphatic heterocycles. The first-order chi connectivity index (χ1) is 18.6. The highest BCUT2D eigenvalue weighted by Crippen LogP contribution is 2.60. The third-order valence-corrected chi connectivity index (χ3v) is 10.9. The van der Waals surface area contributed by atoms with Gasteiger partial charge < -0.3 is 20.1 Å². The molecule has 1 heterocycles. The number of esters is 1. The molecule has 5 heteroatoms. The zero-order valence-electron chi connectivity index (χ0n) is 24.5. The predicted molar refractivity (Wildman–Crippen MR) is 156 cm³/mol. The highest BCUT2D eigenvalue weighted by atomic mass is 16.6. The second kappa shape index (κ2) is 12.9. The fourth-order valence-corrected chi connectivity index (χ4v) is 8.64. The first kappa shape index (κ1) is 30.3. The summed E-state index contributed by atoms with van der Waals surface area (Å²) < 4.78 is 5.85. The number of cyclic esters (lactones) is 1. The van der Waals surface area contributed by atoms with E-state index in [-0.39, 0.29) is 35.9 Å². The van der Waals surface area contributed by atoms with Crippen LogP contribution >= 0.6 is 0 Å². The van der Waals surface area contributed by atoms with Crippen LogP contribution in [0.2, 0.25) is 0 Å². The molecule has 9 atom stereocenters. The molecule has 0 amide bonds. The summed E-state index contributed by atoms with van der Waals surface area (Å²) in [6.45, 7) is 15.3. The maximum absolute atomic E-state index is 12.3. The number of hydrogen-bond donors (Lipinski definition) is 3. The molecule has 218 valence electrons. The predicted octanol–water partition coefficient (Wildman–Crippen LogP) is 6.44. The standard InChI is InChI=1S/C34H52O5/c1-6-7-11-26-23(4)33(38)39-31(26)19-21(2)28-15-16-29-24(10-8-17-34(28,29)5)13-14-25-20-30(36)27(12-9-18-35)32(37)22(25)3/h13-14,21,26-32,35-37H,3-4,6-12,15-20H2,1-2,5H3/t21-,26+,27+,28-,29+,30-,31-,32-,34-/m1/s1. The fourth-order valence-electron chi connectivity index (χ4n) is 8.64. The van der Waals surface area contributed by atoms with Crippen molar-refractivity contribution >= 4 is 5.97 Å². The molecule has 4 aliphatic rings. The summed E-state index contributed by atoms with van der Waals surface area (Å²) >= 11 is 0. The van der Waals surface area contributed by atoms with E-state index in [4.69, 9.17) is 4.74 Å². The highest BCUT2D eigenvalue weighted by Gasteiger charge is 2.51. The molecular weight excluding hydrogens is 488 g/mol. The Kier molecular flexibility index (Phi) is 9.99. The normalized spacial score (nSPS) is 39.8. The van der Waals surface area contributed by atoms with Crippen molar-refractivity contribution in [3.8, 4) is 0 Å². The van der Waals surface area contributed by atoms with Gasteiger partial charge in [0.2, 0.25) is 0 Å². The van der Waals surface area contributed by atoms with Crippen LogP contribution in [0.15, 0.2) is 47.6 Å². The highest BCUT2D eigenvalue weighted by molar-refractivity contribution is 5.90. The Morgan fingerprint density at radius 3 is 2.62 bits per heavy atom. The summed E-state index contributed by atoms with van der Waals surface area (Å²) in [7, 11) is 0. The number of unbranched alkanes of at least 4 members (excludes halogenated alkanes) is 1. The van der Waals surface area contributed by atoms with Crippen molar-refractivity contribution < 1.29 is 24.9 Å². The molecule has 0 bridgehead atoms. The zero-order valence-corrected chi connectivity index (χ0v) is 24.5. The quantitative estimate of drug-likeness (QED) is 0.219. The zero-order chi connectivity index (χ0) is 28.3. The van der Waals surface area contributed by atoms with Crippen LogP contribution in [-0.2, 0) is 9.53 Å². The van der Waals surface area contributed by atoms with Gasteiger partial charge in [-0.15, -0.1) is 0 Å². The minimum atomic E-state index is -0.764. The average Bonchev–Trinajstić information content (AvgIpc) is 3.39. The molecule has 4 rings (SSSR count). The lowest BCUT2D eigenvalue weighted by atomic mass is 9.60. The Bertz CT molecular complexity index is 978. The SMILES string of the molecule is C=C1C(=CC=C2CCC[C@]3(C)[C@@H]([C@H](C)C[C@H]4OC(=O)C(=C)[C@@H]4CCCC)CC[C@@H]23)C[C@@H](O)[C@H](CCCO)[C@@H]1O. The van der Waals surface area contributed by atoms with Gasteiger partial charge in [-0.2, -0.15) is 0 Å². The van der Waals surface area contributed by atoms with Crippen molar-refractivity contribution in [2.75, 3.05) is 6.61 Å². The van der Waals surface area contributed by atoms with Gasteiger partial charge in [0.25, 0.3) is 0 Å². The molecule has 3 N–H and O–H groups in total. The van der Waals surface area contributed by atoms with Gasteiger partial charge in [0.15, 0.2) is 0 Å². The van der Waals surface area contributed by atoms with E-state index in [9.17, 15) is 20.1 Å². The Morgan fingerprint density at radius 2 is 1.90 bits per heavy atom. The van der Waals surface area contributed by atoms with Crippen LogP contribution in [0.4, 0.5) is 0 Å². The van der Waals surface area contributed by atoms with Crippen molar-refractivity contribution in [3.05, 3.63) is 47.6 Å². The molecule has 3 aliphatic carbocycles. The first-order valence-electron chi connectivity index (χ1n) is 15.6. The molecule has 0 spiro atoms. The number of hydrogen-bond acceptors (Lipinski definition) is 5. The third-order valence-electron chi connectivity index (χ3n) is 10.9. The van der Waals surface area contributed by atoms with Crippen molar-refractivity contribution in [3.63, 3.8) is 0 Å². The van der Waals surface area contributed by atoms with Gasteiger partial charge in [-0.25, -0.2) is 4.79 Å². The van der Waals surface area contributed by atoms with Crippen LogP contribution in [0.5, 0.6) is 0 Å². The summed E-state index contributed by atoms with van der Waals surface area (Å²) in [6.07, 6.45) is 14.7. The van der Waals surface area contributed by atoms with E-state index in [0.717, 1.165) is 37.7 Å². The number of rotatable bonds is 10. The van der Waals surface area contributed by atoms with E-state index >= 15 is 0 Å². The first-order valence-corrected chi connectivity index (χ1v) is 15.6. The van der Waals surface area contributed by atoms with Crippen molar-refractivity contribution in [1.82, 2.24) is 0 Å². The number of aliphatic hydroxyl groups excluding tert-OH is 3. The van der Waals surface area contributed by atoms with Gasteiger partial charge in [0.05, 0.1) is 12.2 Å². The van der Waals surface area contributed by atoms with Crippen molar-refractivity contribution in [2.24, 2.45) is 35.0 Å². The van der Waals surface area contributed by atoms with Crippen molar-refractivity contribution in [1.29, 1.82) is 0 Å². The van der Waals surface area contributed by atoms with E-state index < -0.39 is 12.2 Å². The average molecular weight is 541 g/mol. The number of ether oxygens (including phenoxy) is 1. The van der Waals surface area contributed by atoms with Crippen LogP contribution < -0.4 is 0 Å². The fraction of sp³-hybridized carbons (Fsp3) is 0.735. The summed E-state index contributed by atoms with van der Waals surface area (Å²) in [6, 6.07) is 0. The number of aliphatic hydroxyl groups is 3. The van der Waals surface area contributed by atoms with Gasteiger partial charge in [-0.1, -0.05) is 64.5 Å². The Hall–Kier alpha value is -1.69. The molecule has 5 nitrogen and oxygen atoms in total. The van der Waals surface area contributed by atoms with E-state index in [1.54, 1.807) is 0 Å². The van der Waals surface area contributed by atoms with Gasteiger partial charge >= 0.3 is 5.97 Å². The number of carbonyl (C=O) groups excluding carboxylic acids is 1. The minimum Gasteiger partial charge on any atom is -0.458 e. The number of carbonyl (C=O) groups is 1. The Labute approximate surface area is 236 Å². The maximum atomic E-state index is 12.3. The van der Waals surface area contributed by atoms with E-state index in [2.05, 4.69) is 46.1 Å². The molecule has 0 aromatic heterocycles. The molecule has 0 unspecified atom stereocenters.